The molecule has 0 spiro atoms. The van der Waals surface area contributed by atoms with E-state index in [1.54, 1.807) is 11.3 Å². The van der Waals surface area contributed by atoms with Crippen molar-refractivity contribution in [3.8, 4) is 0 Å². The quantitative estimate of drug-likeness (QED) is 0.890. The van der Waals surface area contributed by atoms with Gasteiger partial charge >= 0.3 is 0 Å². The van der Waals surface area contributed by atoms with Crippen molar-refractivity contribution in [3.63, 3.8) is 0 Å². The summed E-state index contributed by atoms with van der Waals surface area (Å²) in [5.74, 6) is 0. The van der Waals surface area contributed by atoms with Gasteiger partial charge in [0.15, 0.2) is 0 Å². The second-order valence-electron chi connectivity index (χ2n) is 4.27. The van der Waals surface area contributed by atoms with Crippen molar-refractivity contribution in [3.05, 3.63) is 55.7 Å². The highest BCUT2D eigenvalue weighted by atomic mass is 79.9. The monoisotopic (exact) mass is 310 g/mol. The molecule has 1 atom stereocenters. The molecule has 1 nitrogen and oxygen atoms in total. The Morgan fingerprint density at radius 1 is 1.24 bits per heavy atom. The summed E-state index contributed by atoms with van der Waals surface area (Å²) in [5, 5.41) is 10.2. The zero-order chi connectivity index (χ0) is 12.4. The molecule has 0 amide bonds. The second kappa shape index (κ2) is 5.34. The number of halogens is 1. The molecule has 2 rings (SSSR count). The average molecular weight is 311 g/mol. The summed E-state index contributed by atoms with van der Waals surface area (Å²) >= 11 is 5.14. The Bertz CT molecular complexity index is 501. The molecular weight excluding hydrogens is 296 g/mol. The Hall–Kier alpha value is -0.640. The lowest BCUT2D eigenvalue weighted by atomic mass is 10.1. The summed E-state index contributed by atoms with van der Waals surface area (Å²) in [7, 11) is 0. The van der Waals surface area contributed by atoms with Crippen LogP contribution in [0.15, 0.2) is 34.8 Å². The molecular formula is C14H15BrOS. The molecule has 1 unspecified atom stereocenters. The van der Waals surface area contributed by atoms with Crippen LogP contribution in [0.3, 0.4) is 0 Å². The molecule has 0 fully saturated rings. The molecule has 3 heteroatoms. The number of aryl methyl sites for hydroxylation is 2. The van der Waals surface area contributed by atoms with Gasteiger partial charge in [0.05, 0.1) is 6.10 Å². The predicted octanol–water partition coefficient (Wildman–Crippen LogP) is 4.40. The number of rotatable bonds is 3. The van der Waals surface area contributed by atoms with E-state index in [2.05, 4.69) is 60.1 Å². The van der Waals surface area contributed by atoms with Gasteiger partial charge in [0.1, 0.15) is 0 Å². The average Bonchev–Trinajstić information content (AvgIpc) is 2.61. The Labute approximate surface area is 114 Å². The van der Waals surface area contributed by atoms with Gasteiger partial charge in [0.2, 0.25) is 0 Å². The van der Waals surface area contributed by atoms with Crippen LogP contribution in [0.5, 0.6) is 0 Å². The SMILES string of the molecule is Cc1ccc(CC(O)c2sc(C)cc2Br)cc1. The zero-order valence-electron chi connectivity index (χ0n) is 9.90. The number of aliphatic hydroxyl groups is 1. The van der Waals surface area contributed by atoms with Crippen LogP contribution in [-0.4, -0.2) is 5.11 Å². The van der Waals surface area contributed by atoms with Gasteiger partial charge in [0.25, 0.3) is 0 Å². The largest absolute Gasteiger partial charge is 0.387 e. The van der Waals surface area contributed by atoms with Gasteiger partial charge in [-0.05, 0) is 41.4 Å². The van der Waals surface area contributed by atoms with E-state index < -0.39 is 6.10 Å². The zero-order valence-corrected chi connectivity index (χ0v) is 12.3. The minimum atomic E-state index is -0.425. The third kappa shape index (κ3) is 3.18. The van der Waals surface area contributed by atoms with Crippen LogP contribution in [0.4, 0.5) is 0 Å². The van der Waals surface area contributed by atoms with Crippen molar-refractivity contribution >= 4 is 27.3 Å². The van der Waals surface area contributed by atoms with E-state index >= 15 is 0 Å². The molecule has 0 aliphatic carbocycles. The van der Waals surface area contributed by atoms with Crippen molar-refractivity contribution in [2.45, 2.75) is 26.4 Å². The van der Waals surface area contributed by atoms with Crippen LogP contribution in [0, 0.1) is 13.8 Å². The summed E-state index contributed by atoms with van der Waals surface area (Å²) in [4.78, 5) is 2.23. The van der Waals surface area contributed by atoms with E-state index in [1.165, 1.54) is 16.0 Å². The van der Waals surface area contributed by atoms with E-state index in [1.807, 2.05) is 0 Å². The van der Waals surface area contributed by atoms with Crippen molar-refractivity contribution in [2.24, 2.45) is 0 Å². The van der Waals surface area contributed by atoms with Gasteiger partial charge in [0, 0.05) is 20.6 Å². The predicted molar refractivity (Wildman–Crippen MR) is 76.6 cm³/mol. The van der Waals surface area contributed by atoms with Gasteiger partial charge in [-0.3, -0.25) is 0 Å². The van der Waals surface area contributed by atoms with Gasteiger partial charge in [-0.2, -0.15) is 0 Å². The second-order valence-corrected chi connectivity index (χ2v) is 6.42. The van der Waals surface area contributed by atoms with E-state index in [9.17, 15) is 5.11 Å². The van der Waals surface area contributed by atoms with Crippen LogP contribution in [0.25, 0.3) is 0 Å². The fourth-order valence-electron chi connectivity index (χ4n) is 1.77. The molecule has 1 aromatic carbocycles. The first-order valence-corrected chi connectivity index (χ1v) is 7.16. The molecule has 17 heavy (non-hydrogen) atoms. The molecule has 2 aromatic rings. The Kier molecular flexibility index (Phi) is 4.02. The van der Waals surface area contributed by atoms with E-state index in [-0.39, 0.29) is 0 Å². The Morgan fingerprint density at radius 3 is 2.41 bits per heavy atom. The van der Waals surface area contributed by atoms with Crippen LogP contribution in [-0.2, 0) is 6.42 Å². The highest BCUT2D eigenvalue weighted by molar-refractivity contribution is 9.10. The first-order valence-electron chi connectivity index (χ1n) is 5.55. The summed E-state index contributed by atoms with van der Waals surface area (Å²) in [6.07, 6.45) is 0.240. The maximum absolute atomic E-state index is 10.2. The highest BCUT2D eigenvalue weighted by Crippen LogP contribution is 2.33. The van der Waals surface area contributed by atoms with Crippen LogP contribution < -0.4 is 0 Å². The number of benzene rings is 1. The molecule has 0 aliphatic heterocycles. The molecule has 1 aromatic heterocycles. The lowest BCUT2D eigenvalue weighted by Crippen LogP contribution is -2.00. The van der Waals surface area contributed by atoms with Crippen molar-refractivity contribution < 1.29 is 5.11 Å². The lowest BCUT2D eigenvalue weighted by Gasteiger charge is -2.09. The molecule has 0 aliphatic rings. The smallest absolute Gasteiger partial charge is 0.0933 e. The van der Waals surface area contributed by atoms with E-state index in [4.69, 9.17) is 0 Å². The molecule has 90 valence electrons. The third-order valence-corrected chi connectivity index (χ3v) is 4.76. The van der Waals surface area contributed by atoms with Gasteiger partial charge in [-0.15, -0.1) is 11.3 Å². The first-order chi connectivity index (χ1) is 8.06. The van der Waals surface area contributed by atoms with Crippen molar-refractivity contribution in [1.29, 1.82) is 0 Å². The minimum absolute atomic E-state index is 0.425. The maximum Gasteiger partial charge on any atom is 0.0933 e. The molecule has 0 bridgehead atoms. The topological polar surface area (TPSA) is 20.2 Å². The molecule has 1 heterocycles. The molecule has 1 N–H and O–H groups in total. The fraction of sp³-hybridized carbons (Fsp3) is 0.286. The third-order valence-electron chi connectivity index (χ3n) is 2.69. The lowest BCUT2D eigenvalue weighted by molar-refractivity contribution is 0.181. The Morgan fingerprint density at radius 2 is 1.88 bits per heavy atom. The van der Waals surface area contributed by atoms with Gasteiger partial charge < -0.3 is 5.11 Å². The number of thiophene rings is 1. The summed E-state index contributed by atoms with van der Waals surface area (Å²) in [6.45, 7) is 4.12. The maximum atomic E-state index is 10.2. The highest BCUT2D eigenvalue weighted by Gasteiger charge is 2.14. The minimum Gasteiger partial charge on any atom is -0.387 e. The molecule has 0 saturated carbocycles. The summed E-state index contributed by atoms with van der Waals surface area (Å²) < 4.78 is 1.01. The number of aliphatic hydroxyl groups excluding tert-OH is 1. The molecule has 0 radical (unpaired) electrons. The van der Waals surface area contributed by atoms with E-state index in [0.29, 0.717) is 6.42 Å². The molecule has 0 saturated heterocycles. The van der Waals surface area contributed by atoms with Crippen LogP contribution >= 0.6 is 27.3 Å². The van der Waals surface area contributed by atoms with Crippen LogP contribution in [0.1, 0.15) is 27.0 Å². The normalized spacial score (nSPS) is 12.7. The standard InChI is InChI=1S/C14H15BrOS/c1-9-3-5-11(6-4-9)8-13(16)14-12(15)7-10(2)17-14/h3-7,13,16H,8H2,1-2H3. The summed E-state index contributed by atoms with van der Waals surface area (Å²) in [5.41, 5.74) is 2.41. The summed E-state index contributed by atoms with van der Waals surface area (Å²) in [6, 6.07) is 10.4. The Balaban J connectivity index is 2.14. The van der Waals surface area contributed by atoms with Crippen molar-refractivity contribution in [1.82, 2.24) is 0 Å². The van der Waals surface area contributed by atoms with Gasteiger partial charge in [-0.1, -0.05) is 29.8 Å². The van der Waals surface area contributed by atoms with E-state index in [0.717, 1.165) is 9.35 Å². The van der Waals surface area contributed by atoms with Crippen molar-refractivity contribution in [2.75, 3.05) is 0 Å². The fourth-order valence-corrected chi connectivity index (χ4v) is 3.67. The number of hydrogen-bond acceptors (Lipinski definition) is 2. The van der Waals surface area contributed by atoms with Gasteiger partial charge in [-0.25, -0.2) is 0 Å². The first kappa shape index (κ1) is 12.8. The number of hydrogen-bond donors (Lipinski definition) is 1. The van der Waals surface area contributed by atoms with Crippen LogP contribution in [0.2, 0.25) is 0 Å².